The second-order valence-corrected chi connectivity index (χ2v) is 9.02. The second-order valence-electron chi connectivity index (χ2n) is 9.02. The van der Waals surface area contributed by atoms with E-state index in [-0.39, 0.29) is 24.5 Å². The van der Waals surface area contributed by atoms with E-state index in [1.807, 2.05) is 57.2 Å². The van der Waals surface area contributed by atoms with Crippen LogP contribution in [0.15, 0.2) is 42.5 Å². The maximum atomic E-state index is 13.3. The monoisotopic (exact) mass is 436 g/mol. The number of rotatable bonds is 8. The second kappa shape index (κ2) is 11.2. The van der Waals surface area contributed by atoms with Gasteiger partial charge in [-0.1, -0.05) is 55.7 Å². The van der Waals surface area contributed by atoms with Crippen LogP contribution >= 0.6 is 0 Å². The molecule has 1 aliphatic rings. The topological polar surface area (TPSA) is 58.6 Å². The first-order chi connectivity index (χ1) is 15.3. The number of carbonyl (C=O) groups is 2. The fourth-order valence-electron chi connectivity index (χ4n) is 4.30. The zero-order valence-electron chi connectivity index (χ0n) is 19.8. The van der Waals surface area contributed by atoms with Crippen LogP contribution in [0.5, 0.6) is 5.75 Å². The molecule has 0 aliphatic heterocycles. The van der Waals surface area contributed by atoms with Gasteiger partial charge in [-0.15, -0.1) is 0 Å². The van der Waals surface area contributed by atoms with E-state index >= 15 is 0 Å². The number of nitrogens with one attached hydrogen (secondary N) is 1. The van der Waals surface area contributed by atoms with Crippen molar-refractivity contribution in [1.82, 2.24) is 10.2 Å². The maximum absolute atomic E-state index is 13.3. The van der Waals surface area contributed by atoms with Gasteiger partial charge in [0.05, 0.1) is 0 Å². The summed E-state index contributed by atoms with van der Waals surface area (Å²) in [7, 11) is 0. The minimum atomic E-state index is -0.575. The predicted molar refractivity (Wildman–Crippen MR) is 128 cm³/mol. The molecule has 2 aromatic rings. The molecule has 1 atom stereocenters. The largest absolute Gasteiger partial charge is 0.483 e. The van der Waals surface area contributed by atoms with Crippen molar-refractivity contribution in [2.45, 2.75) is 78.4 Å². The van der Waals surface area contributed by atoms with E-state index in [0.29, 0.717) is 6.54 Å². The SMILES string of the molecule is Cc1cc(C)c(C)c(OCC(=O)N(Cc2ccccc2)[C@H](C)C(=O)NC2CCCCC2)c1. The van der Waals surface area contributed by atoms with Crippen molar-refractivity contribution in [3.05, 3.63) is 64.7 Å². The summed E-state index contributed by atoms with van der Waals surface area (Å²) in [5, 5.41) is 3.16. The standard InChI is InChI=1S/C27H36N2O3/c1-19-15-20(2)21(3)25(16-19)32-18-26(30)29(17-23-11-7-5-8-12-23)22(4)27(31)28-24-13-9-6-10-14-24/h5,7-8,11-12,15-16,22,24H,6,9-10,13-14,17-18H2,1-4H3,(H,28,31)/t22-/m1/s1. The highest BCUT2D eigenvalue weighted by Gasteiger charge is 2.28. The number of aryl methyl sites for hydroxylation is 2. The summed E-state index contributed by atoms with van der Waals surface area (Å²) in [6.45, 7) is 8.13. The molecule has 0 heterocycles. The van der Waals surface area contributed by atoms with Crippen molar-refractivity contribution in [3.63, 3.8) is 0 Å². The summed E-state index contributed by atoms with van der Waals surface area (Å²) in [4.78, 5) is 27.9. The van der Waals surface area contributed by atoms with Crippen LogP contribution < -0.4 is 10.1 Å². The Morgan fingerprint density at radius 3 is 2.44 bits per heavy atom. The molecule has 1 saturated carbocycles. The van der Waals surface area contributed by atoms with Crippen molar-refractivity contribution >= 4 is 11.8 Å². The molecule has 5 heteroatoms. The van der Waals surface area contributed by atoms with E-state index in [1.165, 1.54) is 6.42 Å². The molecule has 3 rings (SSSR count). The van der Waals surface area contributed by atoms with Crippen molar-refractivity contribution < 1.29 is 14.3 Å². The van der Waals surface area contributed by atoms with Gasteiger partial charge in [-0.05, 0) is 68.9 Å². The third-order valence-corrected chi connectivity index (χ3v) is 6.43. The summed E-state index contributed by atoms with van der Waals surface area (Å²) < 4.78 is 5.94. The van der Waals surface area contributed by atoms with Gasteiger partial charge in [0.2, 0.25) is 5.91 Å². The smallest absolute Gasteiger partial charge is 0.261 e. The number of benzene rings is 2. The van der Waals surface area contributed by atoms with Crippen LogP contribution in [0.4, 0.5) is 0 Å². The van der Waals surface area contributed by atoms with E-state index in [1.54, 1.807) is 11.8 Å². The zero-order valence-corrected chi connectivity index (χ0v) is 19.8. The molecule has 172 valence electrons. The van der Waals surface area contributed by atoms with Gasteiger partial charge < -0.3 is 15.0 Å². The number of nitrogens with zero attached hydrogens (tertiary/aromatic N) is 1. The molecule has 1 fully saturated rings. The molecule has 32 heavy (non-hydrogen) atoms. The lowest BCUT2D eigenvalue weighted by Gasteiger charge is -2.31. The molecule has 0 spiro atoms. The van der Waals surface area contributed by atoms with E-state index in [9.17, 15) is 9.59 Å². The molecule has 2 aromatic carbocycles. The van der Waals surface area contributed by atoms with Gasteiger partial charge in [-0.2, -0.15) is 0 Å². The third kappa shape index (κ3) is 6.35. The van der Waals surface area contributed by atoms with Crippen LogP contribution in [0, 0.1) is 20.8 Å². The molecule has 0 saturated heterocycles. The Labute approximate surface area is 192 Å². The summed E-state index contributed by atoms with van der Waals surface area (Å²) in [6, 6.07) is 13.5. The van der Waals surface area contributed by atoms with Crippen molar-refractivity contribution in [2.75, 3.05) is 6.61 Å². The zero-order chi connectivity index (χ0) is 23.1. The fraction of sp³-hybridized carbons (Fsp3) is 0.481. The Kier molecular flexibility index (Phi) is 8.32. The van der Waals surface area contributed by atoms with Gasteiger partial charge in [-0.3, -0.25) is 9.59 Å². The van der Waals surface area contributed by atoms with E-state index in [2.05, 4.69) is 11.4 Å². The molecule has 2 amide bonds. The Morgan fingerprint density at radius 2 is 1.75 bits per heavy atom. The van der Waals surface area contributed by atoms with Crippen LogP contribution in [-0.4, -0.2) is 35.4 Å². The maximum Gasteiger partial charge on any atom is 0.261 e. The highest BCUT2D eigenvalue weighted by Crippen LogP contribution is 2.24. The molecule has 5 nitrogen and oxygen atoms in total. The summed E-state index contributed by atoms with van der Waals surface area (Å²) in [5.74, 6) is 0.428. The lowest BCUT2D eigenvalue weighted by molar-refractivity contribution is -0.142. The van der Waals surface area contributed by atoms with Crippen molar-refractivity contribution in [3.8, 4) is 5.75 Å². The van der Waals surface area contributed by atoms with Gasteiger partial charge in [0.15, 0.2) is 6.61 Å². The Morgan fingerprint density at radius 1 is 1.06 bits per heavy atom. The average molecular weight is 437 g/mol. The van der Waals surface area contributed by atoms with Crippen LogP contribution in [0.3, 0.4) is 0 Å². The normalized spacial score (nSPS) is 15.1. The van der Waals surface area contributed by atoms with Crippen molar-refractivity contribution in [2.24, 2.45) is 0 Å². The van der Waals surface area contributed by atoms with E-state index < -0.39 is 6.04 Å². The molecule has 0 bridgehead atoms. The van der Waals surface area contributed by atoms with Crippen LogP contribution in [-0.2, 0) is 16.1 Å². The van der Waals surface area contributed by atoms with E-state index in [0.717, 1.165) is 53.7 Å². The van der Waals surface area contributed by atoms with Gasteiger partial charge in [0, 0.05) is 12.6 Å². The molecule has 0 unspecified atom stereocenters. The number of ether oxygens (including phenoxy) is 1. The highest BCUT2D eigenvalue weighted by molar-refractivity contribution is 5.88. The van der Waals surface area contributed by atoms with Gasteiger partial charge >= 0.3 is 0 Å². The number of hydrogen-bond acceptors (Lipinski definition) is 3. The summed E-state index contributed by atoms with van der Waals surface area (Å²) in [6.07, 6.45) is 5.56. The summed E-state index contributed by atoms with van der Waals surface area (Å²) >= 11 is 0. The fourth-order valence-corrected chi connectivity index (χ4v) is 4.30. The van der Waals surface area contributed by atoms with Gasteiger partial charge in [-0.25, -0.2) is 0 Å². The molecule has 0 radical (unpaired) electrons. The lowest BCUT2D eigenvalue weighted by Crippen LogP contribution is -2.51. The molecule has 1 N–H and O–H groups in total. The predicted octanol–water partition coefficient (Wildman–Crippen LogP) is 4.86. The summed E-state index contributed by atoms with van der Waals surface area (Å²) in [5.41, 5.74) is 4.24. The van der Waals surface area contributed by atoms with Gasteiger partial charge in [0.25, 0.3) is 5.91 Å². The first-order valence-electron chi connectivity index (χ1n) is 11.7. The van der Waals surface area contributed by atoms with Crippen LogP contribution in [0.1, 0.15) is 61.3 Å². The van der Waals surface area contributed by atoms with Crippen LogP contribution in [0.2, 0.25) is 0 Å². The Hall–Kier alpha value is -2.82. The quantitative estimate of drug-likeness (QED) is 0.643. The minimum absolute atomic E-state index is 0.0937. The number of amides is 2. The van der Waals surface area contributed by atoms with Gasteiger partial charge in [0.1, 0.15) is 11.8 Å². The molecule has 0 aromatic heterocycles. The number of hydrogen-bond donors (Lipinski definition) is 1. The highest BCUT2D eigenvalue weighted by atomic mass is 16.5. The first-order valence-corrected chi connectivity index (χ1v) is 11.7. The molecular formula is C27H36N2O3. The third-order valence-electron chi connectivity index (χ3n) is 6.43. The average Bonchev–Trinajstić information content (AvgIpc) is 2.79. The minimum Gasteiger partial charge on any atom is -0.483 e. The number of carbonyl (C=O) groups excluding carboxylic acids is 2. The first kappa shape index (κ1) is 23.8. The van der Waals surface area contributed by atoms with E-state index in [4.69, 9.17) is 4.74 Å². The Bertz CT molecular complexity index is 920. The lowest BCUT2D eigenvalue weighted by atomic mass is 9.95. The Balaban J connectivity index is 1.72. The van der Waals surface area contributed by atoms with Crippen LogP contribution in [0.25, 0.3) is 0 Å². The molecule has 1 aliphatic carbocycles. The molecular weight excluding hydrogens is 400 g/mol. The van der Waals surface area contributed by atoms with Crippen molar-refractivity contribution in [1.29, 1.82) is 0 Å².